The van der Waals surface area contributed by atoms with Gasteiger partial charge in [-0.05, 0) is 18.6 Å². The summed E-state index contributed by atoms with van der Waals surface area (Å²) >= 11 is 0. The number of nitrogens with one attached hydrogen (secondary N) is 1. The number of H-pyrrole nitrogens is 1. The molecule has 1 heterocycles. The Labute approximate surface area is 85.9 Å². The minimum atomic E-state index is -0.407. The highest BCUT2D eigenvalue weighted by Crippen LogP contribution is 2.25. The van der Waals surface area contributed by atoms with Crippen molar-refractivity contribution in [2.24, 2.45) is 0 Å². The fourth-order valence-electron chi connectivity index (χ4n) is 1.41. The molecule has 0 saturated heterocycles. The Morgan fingerprint density at radius 2 is 2.20 bits per heavy atom. The van der Waals surface area contributed by atoms with Crippen molar-refractivity contribution in [1.29, 1.82) is 0 Å². The van der Waals surface area contributed by atoms with E-state index in [2.05, 4.69) is 10.2 Å². The summed E-state index contributed by atoms with van der Waals surface area (Å²) in [6.45, 7) is 1.90. The van der Waals surface area contributed by atoms with Gasteiger partial charge < -0.3 is 0 Å². The standard InChI is InChI=1S/C10H9N3O2/c1-7-2-3-8(13(14)15)6-9(7)10-4-5-11-12-10/h2-6H,1H3,(H,11,12). The van der Waals surface area contributed by atoms with Crippen LogP contribution in [-0.4, -0.2) is 15.1 Å². The van der Waals surface area contributed by atoms with Crippen molar-refractivity contribution < 1.29 is 4.92 Å². The van der Waals surface area contributed by atoms with E-state index in [0.717, 1.165) is 16.8 Å². The Morgan fingerprint density at radius 3 is 2.80 bits per heavy atom. The maximum atomic E-state index is 10.6. The lowest BCUT2D eigenvalue weighted by molar-refractivity contribution is -0.384. The first-order valence-corrected chi connectivity index (χ1v) is 4.43. The van der Waals surface area contributed by atoms with E-state index in [-0.39, 0.29) is 5.69 Å². The molecule has 0 atom stereocenters. The number of aromatic amines is 1. The van der Waals surface area contributed by atoms with Crippen molar-refractivity contribution in [2.45, 2.75) is 6.92 Å². The van der Waals surface area contributed by atoms with E-state index in [0.29, 0.717) is 0 Å². The van der Waals surface area contributed by atoms with Gasteiger partial charge in [0.05, 0.1) is 10.6 Å². The van der Waals surface area contributed by atoms with Gasteiger partial charge in [0.25, 0.3) is 5.69 Å². The summed E-state index contributed by atoms with van der Waals surface area (Å²) in [5.41, 5.74) is 2.55. The number of nitro benzene ring substituents is 1. The Bertz CT molecular complexity index is 491. The number of nitrogens with zero attached hydrogens (tertiary/aromatic N) is 2. The molecule has 1 aromatic carbocycles. The summed E-state index contributed by atoms with van der Waals surface area (Å²) in [6, 6.07) is 6.53. The first-order valence-electron chi connectivity index (χ1n) is 4.43. The first kappa shape index (κ1) is 9.39. The molecule has 2 rings (SSSR count). The molecule has 0 saturated carbocycles. The molecule has 76 valence electrons. The summed E-state index contributed by atoms with van der Waals surface area (Å²) < 4.78 is 0. The summed E-state index contributed by atoms with van der Waals surface area (Å²) in [4.78, 5) is 10.2. The molecule has 0 spiro atoms. The number of rotatable bonds is 2. The second-order valence-electron chi connectivity index (χ2n) is 3.22. The Kier molecular flexibility index (Phi) is 2.21. The lowest BCUT2D eigenvalue weighted by atomic mass is 10.1. The lowest BCUT2D eigenvalue weighted by Crippen LogP contribution is -1.90. The van der Waals surface area contributed by atoms with E-state index in [1.54, 1.807) is 18.3 Å². The summed E-state index contributed by atoms with van der Waals surface area (Å²) in [7, 11) is 0. The van der Waals surface area contributed by atoms with E-state index in [1.165, 1.54) is 12.1 Å². The van der Waals surface area contributed by atoms with E-state index in [9.17, 15) is 10.1 Å². The minimum absolute atomic E-state index is 0.0820. The van der Waals surface area contributed by atoms with Gasteiger partial charge in [-0.25, -0.2) is 0 Å². The molecule has 0 aliphatic rings. The average molecular weight is 203 g/mol. The lowest BCUT2D eigenvalue weighted by Gasteiger charge is -2.01. The number of aryl methyl sites for hydroxylation is 1. The summed E-state index contributed by atoms with van der Waals surface area (Å²) in [6.07, 6.45) is 1.69. The SMILES string of the molecule is Cc1ccc([N+](=O)[O-])cc1-c1cc[nH]n1. The number of aromatic nitrogens is 2. The molecule has 0 aliphatic heterocycles. The number of hydrogen-bond acceptors (Lipinski definition) is 3. The van der Waals surface area contributed by atoms with Gasteiger partial charge in [0.1, 0.15) is 0 Å². The fraction of sp³-hybridized carbons (Fsp3) is 0.100. The highest BCUT2D eigenvalue weighted by molar-refractivity contribution is 5.66. The molecular weight excluding hydrogens is 194 g/mol. The van der Waals surface area contributed by atoms with Gasteiger partial charge in [0.15, 0.2) is 0 Å². The van der Waals surface area contributed by atoms with Crippen LogP contribution < -0.4 is 0 Å². The Morgan fingerprint density at radius 1 is 1.40 bits per heavy atom. The van der Waals surface area contributed by atoms with Crippen molar-refractivity contribution in [3.05, 3.63) is 46.1 Å². The van der Waals surface area contributed by atoms with Crippen LogP contribution in [0.2, 0.25) is 0 Å². The molecule has 5 nitrogen and oxygen atoms in total. The van der Waals surface area contributed by atoms with Crippen molar-refractivity contribution in [2.75, 3.05) is 0 Å². The van der Waals surface area contributed by atoms with Gasteiger partial charge >= 0.3 is 0 Å². The van der Waals surface area contributed by atoms with Gasteiger partial charge in [0, 0.05) is 23.9 Å². The zero-order valence-corrected chi connectivity index (χ0v) is 8.10. The molecule has 0 radical (unpaired) electrons. The number of nitro groups is 1. The van der Waals surface area contributed by atoms with Gasteiger partial charge in [-0.2, -0.15) is 5.10 Å². The highest BCUT2D eigenvalue weighted by Gasteiger charge is 2.10. The van der Waals surface area contributed by atoms with E-state index in [4.69, 9.17) is 0 Å². The van der Waals surface area contributed by atoms with Crippen LogP contribution in [0.1, 0.15) is 5.56 Å². The van der Waals surface area contributed by atoms with Crippen LogP contribution in [0, 0.1) is 17.0 Å². The molecule has 0 aliphatic carbocycles. The van der Waals surface area contributed by atoms with Crippen LogP contribution in [0.15, 0.2) is 30.5 Å². The largest absolute Gasteiger partial charge is 0.285 e. The number of benzene rings is 1. The normalized spacial score (nSPS) is 10.2. The zero-order valence-electron chi connectivity index (χ0n) is 8.10. The second kappa shape index (κ2) is 3.53. The van der Waals surface area contributed by atoms with Crippen LogP contribution >= 0.6 is 0 Å². The maximum absolute atomic E-state index is 10.6. The van der Waals surface area contributed by atoms with Gasteiger partial charge in [-0.15, -0.1) is 0 Å². The van der Waals surface area contributed by atoms with Crippen molar-refractivity contribution >= 4 is 5.69 Å². The molecular formula is C10H9N3O2. The molecule has 1 aromatic heterocycles. The number of non-ortho nitro benzene ring substituents is 1. The molecule has 5 heteroatoms. The third-order valence-corrected chi connectivity index (χ3v) is 2.21. The second-order valence-corrected chi connectivity index (χ2v) is 3.22. The van der Waals surface area contributed by atoms with E-state index >= 15 is 0 Å². The molecule has 0 bridgehead atoms. The maximum Gasteiger partial charge on any atom is 0.270 e. The van der Waals surface area contributed by atoms with E-state index in [1.807, 2.05) is 6.92 Å². The summed E-state index contributed by atoms with van der Waals surface area (Å²) in [5.74, 6) is 0. The first-order chi connectivity index (χ1) is 7.18. The average Bonchev–Trinajstić information content (AvgIpc) is 2.71. The molecule has 0 amide bonds. The minimum Gasteiger partial charge on any atom is -0.285 e. The van der Waals surface area contributed by atoms with Crippen molar-refractivity contribution in [1.82, 2.24) is 10.2 Å². The van der Waals surface area contributed by atoms with Crippen LogP contribution in [0.3, 0.4) is 0 Å². The third kappa shape index (κ3) is 1.71. The number of hydrogen-bond donors (Lipinski definition) is 1. The van der Waals surface area contributed by atoms with Crippen LogP contribution in [0.5, 0.6) is 0 Å². The molecule has 1 N–H and O–H groups in total. The van der Waals surface area contributed by atoms with Gasteiger partial charge in [0.2, 0.25) is 0 Å². The van der Waals surface area contributed by atoms with Crippen molar-refractivity contribution in [3.8, 4) is 11.3 Å². The Hall–Kier alpha value is -2.17. The highest BCUT2D eigenvalue weighted by atomic mass is 16.6. The van der Waals surface area contributed by atoms with Crippen LogP contribution in [0.25, 0.3) is 11.3 Å². The quantitative estimate of drug-likeness (QED) is 0.601. The smallest absolute Gasteiger partial charge is 0.270 e. The molecule has 15 heavy (non-hydrogen) atoms. The van der Waals surface area contributed by atoms with Crippen molar-refractivity contribution in [3.63, 3.8) is 0 Å². The molecule has 0 fully saturated rings. The predicted octanol–water partition coefficient (Wildman–Crippen LogP) is 2.29. The van der Waals surface area contributed by atoms with Crippen LogP contribution in [0.4, 0.5) is 5.69 Å². The zero-order chi connectivity index (χ0) is 10.8. The predicted molar refractivity (Wildman–Crippen MR) is 55.4 cm³/mol. The van der Waals surface area contributed by atoms with Crippen LogP contribution in [-0.2, 0) is 0 Å². The molecule has 2 aromatic rings. The Balaban J connectivity index is 2.55. The third-order valence-electron chi connectivity index (χ3n) is 2.21. The fourth-order valence-corrected chi connectivity index (χ4v) is 1.41. The van der Waals surface area contributed by atoms with Gasteiger partial charge in [-0.1, -0.05) is 6.07 Å². The monoisotopic (exact) mass is 203 g/mol. The van der Waals surface area contributed by atoms with E-state index < -0.39 is 4.92 Å². The molecule has 0 unspecified atom stereocenters. The van der Waals surface area contributed by atoms with Gasteiger partial charge in [-0.3, -0.25) is 15.2 Å². The topological polar surface area (TPSA) is 71.8 Å². The summed E-state index contributed by atoms with van der Waals surface area (Å²) in [5, 5.41) is 17.3.